The van der Waals surface area contributed by atoms with E-state index in [-0.39, 0.29) is 35.9 Å². The second kappa shape index (κ2) is 9.98. The number of carbonyl (C=O) groups excluding carboxylic acids is 2. The second-order valence-electron chi connectivity index (χ2n) is 11.0. The van der Waals surface area contributed by atoms with Gasteiger partial charge >= 0.3 is 5.97 Å². The van der Waals surface area contributed by atoms with E-state index in [9.17, 15) is 9.59 Å². The Hall–Kier alpha value is -1.18. The number of fused-ring (bicyclic) bond motifs is 4. The molecule has 2 aliphatic carbocycles. The molecule has 3 saturated heterocycles. The average Bonchev–Trinajstić information content (AvgIpc) is 3.43. The van der Waals surface area contributed by atoms with Crippen molar-refractivity contribution in [2.45, 2.75) is 83.0 Å². The van der Waals surface area contributed by atoms with Gasteiger partial charge in [-0.2, -0.15) is 0 Å². The van der Waals surface area contributed by atoms with Gasteiger partial charge in [-0.1, -0.05) is 19.8 Å². The number of hydrogen-bond acceptors (Lipinski definition) is 5. The first-order valence-electron chi connectivity index (χ1n) is 13.3. The Kier molecular flexibility index (Phi) is 7.05. The molecule has 5 fully saturated rings. The number of nitrogens with one attached hydrogen (secondary N) is 1. The number of amides is 1. The Morgan fingerprint density at radius 2 is 2.00 bits per heavy atom. The summed E-state index contributed by atoms with van der Waals surface area (Å²) in [6.07, 6.45) is 9.87. The van der Waals surface area contributed by atoms with Crippen LogP contribution in [0.3, 0.4) is 0 Å². The van der Waals surface area contributed by atoms with E-state index in [0.717, 1.165) is 45.6 Å². The van der Waals surface area contributed by atoms with Crippen LogP contribution in [-0.2, 0) is 19.1 Å². The summed E-state index contributed by atoms with van der Waals surface area (Å²) in [5, 5.41) is 5.36. The van der Waals surface area contributed by atoms with E-state index in [0.29, 0.717) is 36.7 Å². The molecule has 180 valence electrons. The number of carbonyl (C=O) groups is 2. The van der Waals surface area contributed by atoms with Crippen molar-refractivity contribution in [2.24, 2.45) is 29.6 Å². The highest BCUT2D eigenvalue weighted by Crippen LogP contribution is 2.52. The highest BCUT2D eigenvalue weighted by molar-refractivity contribution is 5.78. The molecule has 3 N–H and O–H groups in total. The maximum Gasteiger partial charge on any atom is 0.309 e. The van der Waals surface area contributed by atoms with Gasteiger partial charge in [-0.05, 0) is 55.8 Å². The molecule has 0 aromatic heterocycles. The monoisotopic (exact) mass is 448 g/mol. The smallest absolute Gasteiger partial charge is 0.309 e. The minimum absolute atomic E-state index is 0.00631. The van der Waals surface area contributed by atoms with Crippen molar-refractivity contribution < 1.29 is 24.4 Å². The van der Waals surface area contributed by atoms with Crippen LogP contribution in [0.1, 0.15) is 64.7 Å². The van der Waals surface area contributed by atoms with Gasteiger partial charge in [-0.25, -0.2) is 0 Å². The number of nitrogens with zero attached hydrogens (tertiary/aromatic N) is 1. The van der Waals surface area contributed by atoms with E-state index in [1.807, 2.05) is 0 Å². The third-order valence-corrected chi connectivity index (χ3v) is 9.19. The molecule has 1 amide bonds. The Balaban J connectivity index is 1.09. The summed E-state index contributed by atoms with van der Waals surface area (Å²) >= 11 is 0. The fourth-order valence-electron chi connectivity index (χ4n) is 7.38. The topological polar surface area (TPSA) is 84.5 Å². The Bertz CT molecular complexity index is 682. The maximum absolute atomic E-state index is 12.8. The molecule has 5 aliphatic rings. The van der Waals surface area contributed by atoms with Gasteiger partial charge in [0.15, 0.2) is 0 Å². The zero-order valence-corrected chi connectivity index (χ0v) is 19.7. The van der Waals surface area contributed by atoms with Crippen LogP contribution >= 0.6 is 0 Å². The predicted octanol–water partition coefficient (Wildman–Crippen LogP) is 1.27. The van der Waals surface area contributed by atoms with Crippen molar-refractivity contribution in [3.63, 3.8) is 0 Å². The molecule has 7 heteroatoms. The minimum atomic E-state index is -0.150. The first-order chi connectivity index (χ1) is 15.6. The van der Waals surface area contributed by atoms with Crippen molar-refractivity contribution in [1.82, 2.24) is 10.2 Å². The summed E-state index contributed by atoms with van der Waals surface area (Å²) in [7, 11) is 0. The van der Waals surface area contributed by atoms with Crippen LogP contribution in [0.4, 0.5) is 0 Å². The molecular formula is C25H42N3O4+. The Morgan fingerprint density at radius 3 is 2.84 bits per heavy atom. The van der Waals surface area contributed by atoms with E-state index < -0.39 is 0 Å². The highest BCUT2D eigenvalue weighted by Gasteiger charge is 2.54. The summed E-state index contributed by atoms with van der Waals surface area (Å²) in [6.45, 7) is 7.39. The zero-order chi connectivity index (χ0) is 22.1. The summed E-state index contributed by atoms with van der Waals surface area (Å²) < 4.78 is 12.4. The van der Waals surface area contributed by atoms with E-state index >= 15 is 0 Å². The molecule has 2 saturated carbocycles. The lowest BCUT2D eigenvalue weighted by Crippen LogP contribution is -2.82. The number of rotatable bonds is 7. The predicted molar refractivity (Wildman–Crippen MR) is 119 cm³/mol. The standard InChI is InChI=1S/C25H41N3O4/c1-16-17(7-8-24(29)27-9-4-11-28-12-10-26-15-28)25(30)32-22-14-23-20(13-19(16)22)18-5-2-3-6-21(18)31-23/h16-23,26H,2-15H2,1H3,(H,27,29)/p+1. The normalized spacial score (nSPS) is 41.5. The second-order valence-corrected chi connectivity index (χ2v) is 11.0. The molecule has 32 heavy (non-hydrogen) atoms. The minimum Gasteiger partial charge on any atom is -0.462 e. The highest BCUT2D eigenvalue weighted by atomic mass is 16.6. The number of quaternary nitrogens is 1. The van der Waals surface area contributed by atoms with Crippen LogP contribution in [-0.4, -0.2) is 67.9 Å². The largest absolute Gasteiger partial charge is 0.462 e. The Morgan fingerprint density at radius 1 is 1.12 bits per heavy atom. The molecule has 0 spiro atoms. The van der Waals surface area contributed by atoms with Crippen LogP contribution in [0.2, 0.25) is 0 Å². The van der Waals surface area contributed by atoms with Crippen molar-refractivity contribution in [2.75, 3.05) is 32.8 Å². The number of ether oxygens (including phenoxy) is 2. The number of hydrogen-bond donors (Lipinski definition) is 2. The van der Waals surface area contributed by atoms with Gasteiger partial charge in [-0.15, -0.1) is 0 Å². The zero-order valence-electron chi connectivity index (χ0n) is 19.7. The van der Waals surface area contributed by atoms with Crippen LogP contribution in [0.15, 0.2) is 0 Å². The van der Waals surface area contributed by atoms with Crippen LogP contribution < -0.4 is 10.6 Å². The van der Waals surface area contributed by atoms with E-state index in [4.69, 9.17) is 9.47 Å². The fraction of sp³-hybridized carbons (Fsp3) is 0.920. The summed E-state index contributed by atoms with van der Waals surface area (Å²) in [6, 6.07) is 0. The van der Waals surface area contributed by atoms with E-state index in [1.165, 1.54) is 32.2 Å². The van der Waals surface area contributed by atoms with Crippen molar-refractivity contribution in [3.8, 4) is 0 Å². The van der Waals surface area contributed by atoms with Gasteiger partial charge in [0, 0.05) is 25.9 Å². The van der Waals surface area contributed by atoms with Crippen molar-refractivity contribution in [1.29, 1.82) is 0 Å². The third kappa shape index (κ3) is 4.71. The van der Waals surface area contributed by atoms with Crippen LogP contribution in [0, 0.1) is 29.6 Å². The molecule has 0 aromatic carbocycles. The fourth-order valence-corrected chi connectivity index (χ4v) is 7.38. The molecule has 0 bridgehead atoms. The van der Waals surface area contributed by atoms with Crippen molar-refractivity contribution >= 4 is 11.9 Å². The quantitative estimate of drug-likeness (QED) is 0.453. The lowest BCUT2D eigenvalue weighted by Gasteiger charge is -2.47. The van der Waals surface area contributed by atoms with Gasteiger partial charge in [0.05, 0.1) is 31.2 Å². The first kappa shape index (κ1) is 22.6. The molecule has 8 atom stereocenters. The van der Waals surface area contributed by atoms with E-state index in [1.54, 1.807) is 0 Å². The molecule has 7 nitrogen and oxygen atoms in total. The first-order valence-corrected chi connectivity index (χ1v) is 13.3. The molecule has 8 unspecified atom stereocenters. The number of esters is 1. The average molecular weight is 449 g/mol. The van der Waals surface area contributed by atoms with Gasteiger partial charge in [0.1, 0.15) is 12.8 Å². The van der Waals surface area contributed by atoms with Crippen LogP contribution in [0.25, 0.3) is 0 Å². The van der Waals surface area contributed by atoms with Gasteiger partial charge < -0.3 is 20.1 Å². The SMILES string of the molecule is CC1C(CCC(=O)NCCCN2CC[NH2+]C2)C(=O)OC2CC3OC4CCCCC4C3CC21. The molecule has 0 aromatic rings. The summed E-state index contributed by atoms with van der Waals surface area (Å²) in [5.41, 5.74) is 0. The van der Waals surface area contributed by atoms with Crippen molar-refractivity contribution in [3.05, 3.63) is 0 Å². The third-order valence-electron chi connectivity index (χ3n) is 9.19. The molecule has 3 heterocycles. The summed E-state index contributed by atoms with van der Waals surface area (Å²) in [4.78, 5) is 27.6. The molecule has 5 rings (SSSR count). The lowest BCUT2D eigenvalue weighted by atomic mass is 9.63. The van der Waals surface area contributed by atoms with E-state index in [2.05, 4.69) is 22.5 Å². The molecule has 0 radical (unpaired) electrons. The maximum atomic E-state index is 12.8. The molecule has 3 aliphatic heterocycles. The molecular weight excluding hydrogens is 406 g/mol. The summed E-state index contributed by atoms with van der Waals surface area (Å²) in [5.74, 6) is 1.87. The number of nitrogens with two attached hydrogens (primary N) is 1. The Labute approximate surface area is 192 Å². The van der Waals surface area contributed by atoms with Gasteiger partial charge in [0.25, 0.3) is 0 Å². The van der Waals surface area contributed by atoms with Crippen LogP contribution in [0.5, 0.6) is 0 Å². The van der Waals surface area contributed by atoms with Gasteiger partial charge in [-0.3, -0.25) is 14.5 Å². The van der Waals surface area contributed by atoms with Gasteiger partial charge in [0.2, 0.25) is 5.91 Å². The lowest BCUT2D eigenvalue weighted by molar-refractivity contribution is -0.642.